The summed E-state index contributed by atoms with van der Waals surface area (Å²) in [6, 6.07) is -4.81. The number of fused-ring (bicyclic) bond motifs is 1. The number of hydrogen-bond acceptors (Lipinski definition) is 13. The Kier molecular flexibility index (Phi) is 23.9. The summed E-state index contributed by atoms with van der Waals surface area (Å²) in [5.74, 6) is -12.5. The number of aliphatic carboxylic acids is 2. The van der Waals surface area contributed by atoms with Crippen molar-refractivity contribution in [3.63, 3.8) is 0 Å². The molecule has 0 unspecified atom stereocenters. The number of H-pyrrole nitrogens is 1. The highest BCUT2D eigenvalue weighted by Crippen LogP contribution is 2.20. The zero-order chi connectivity index (χ0) is 53.0. The molecule has 0 bridgehead atoms. The molecule has 0 aliphatic rings. The predicted molar refractivity (Wildman–Crippen MR) is 250 cm³/mol. The Balaban J connectivity index is 2.43. The second-order valence-corrected chi connectivity index (χ2v) is 17.6. The van der Waals surface area contributed by atoms with E-state index in [1.165, 1.54) is 20.9 Å². The molecule has 1 aromatic carbocycles. The van der Waals surface area contributed by atoms with Crippen LogP contribution in [0.1, 0.15) is 79.7 Å². The number of carbonyl (C=O) groups is 11. The van der Waals surface area contributed by atoms with Gasteiger partial charge in [-0.2, -0.15) is 0 Å². The lowest BCUT2D eigenvalue weighted by Gasteiger charge is -2.29. The number of amides is 9. The van der Waals surface area contributed by atoms with Gasteiger partial charge in [0.15, 0.2) is 0 Å². The summed E-state index contributed by atoms with van der Waals surface area (Å²) in [5, 5.41) is 61.3. The number of hydrogen-bond donors (Lipinski definition) is 14. The number of aliphatic hydroxyl groups excluding tert-OH is 2. The first-order chi connectivity index (χ1) is 32.8. The fourth-order valence-electron chi connectivity index (χ4n) is 7.03. The number of benzene rings is 1. The van der Waals surface area contributed by atoms with Crippen LogP contribution in [0.3, 0.4) is 0 Å². The van der Waals surface area contributed by atoms with Gasteiger partial charge in [-0.1, -0.05) is 59.7 Å². The summed E-state index contributed by atoms with van der Waals surface area (Å²) in [7, 11) is 1.36. The molecule has 0 spiro atoms. The molecule has 1 heterocycles. The van der Waals surface area contributed by atoms with Crippen molar-refractivity contribution in [2.45, 2.75) is 129 Å². The number of likely N-dealkylation sites (N-methyl/N-ethyl adjacent to an activating group) is 1. The second-order valence-electron chi connectivity index (χ2n) is 17.6. The Bertz CT molecular complexity index is 2200. The molecule has 70 heavy (non-hydrogen) atoms. The number of carbonyl (C=O) groups excluding carboxylic acids is 9. The van der Waals surface area contributed by atoms with Crippen molar-refractivity contribution >= 4 is 76.0 Å². The fourth-order valence-corrected chi connectivity index (χ4v) is 7.03. The van der Waals surface area contributed by atoms with Crippen molar-refractivity contribution in [3.8, 4) is 0 Å². The van der Waals surface area contributed by atoms with Crippen molar-refractivity contribution in [1.82, 2.24) is 52.8 Å². The molecule has 0 radical (unpaired) electrons. The first-order valence-electron chi connectivity index (χ1n) is 22.7. The van der Waals surface area contributed by atoms with Gasteiger partial charge < -0.3 is 73.3 Å². The topological polar surface area (TPSA) is 393 Å². The van der Waals surface area contributed by atoms with Crippen LogP contribution in [0.4, 0.5) is 0 Å². The number of aromatic amines is 1. The number of rotatable bonds is 29. The van der Waals surface area contributed by atoms with Crippen LogP contribution >= 0.6 is 0 Å². The van der Waals surface area contributed by atoms with E-state index in [1.54, 1.807) is 58.2 Å². The van der Waals surface area contributed by atoms with Gasteiger partial charge in [0.25, 0.3) is 0 Å². The fraction of sp³-hybridized carbons (Fsp3) is 0.578. The lowest BCUT2D eigenvalue weighted by molar-refractivity contribution is -0.139. The molecule has 1 aromatic heterocycles. The van der Waals surface area contributed by atoms with E-state index in [0.29, 0.717) is 16.5 Å². The number of aromatic nitrogens is 1. The maximum atomic E-state index is 14.2. The van der Waals surface area contributed by atoms with Crippen LogP contribution in [-0.2, 0) is 59.2 Å². The minimum absolute atomic E-state index is 0.236. The molecule has 0 saturated heterocycles. The van der Waals surface area contributed by atoms with E-state index in [-0.39, 0.29) is 6.42 Å². The van der Waals surface area contributed by atoms with E-state index < -0.39 is 170 Å². The Morgan fingerprint density at radius 2 is 0.871 bits per heavy atom. The van der Waals surface area contributed by atoms with E-state index in [2.05, 4.69) is 52.8 Å². The third kappa shape index (κ3) is 18.4. The van der Waals surface area contributed by atoms with Crippen LogP contribution in [0.15, 0.2) is 30.5 Å². The maximum Gasteiger partial charge on any atom is 0.303 e. The van der Waals surface area contributed by atoms with Gasteiger partial charge in [0, 0.05) is 50.3 Å². The highest BCUT2D eigenvalue weighted by Gasteiger charge is 2.36. The van der Waals surface area contributed by atoms with E-state index in [9.17, 15) is 73.2 Å². The van der Waals surface area contributed by atoms with Crippen LogP contribution in [0.25, 0.3) is 10.9 Å². The van der Waals surface area contributed by atoms with E-state index in [0.717, 1.165) is 6.92 Å². The first kappa shape index (κ1) is 59.0. The van der Waals surface area contributed by atoms with Gasteiger partial charge in [0.05, 0.1) is 13.2 Å². The molecule has 0 saturated carbocycles. The molecule has 0 fully saturated rings. The van der Waals surface area contributed by atoms with Crippen molar-refractivity contribution in [1.29, 1.82) is 0 Å². The van der Waals surface area contributed by atoms with Crippen molar-refractivity contribution in [2.24, 2.45) is 17.8 Å². The third-order valence-electron chi connectivity index (χ3n) is 11.0. The van der Waals surface area contributed by atoms with Crippen molar-refractivity contribution in [3.05, 3.63) is 36.0 Å². The van der Waals surface area contributed by atoms with Crippen LogP contribution < -0.4 is 47.9 Å². The molecule has 0 aliphatic heterocycles. The molecular weight excluding hydrogens is 921 g/mol. The monoisotopic (exact) mass is 988 g/mol. The number of nitrogens with one attached hydrogen (secondary N) is 10. The Morgan fingerprint density at radius 3 is 1.30 bits per heavy atom. The normalized spacial score (nSPS) is 14.6. The first-order valence-corrected chi connectivity index (χ1v) is 22.7. The number of carboxylic acids is 2. The standard InChI is InChI=1S/C45H68N10O15/c1-21(2)35(43(68)46-8)53-38(63)28(13-15-33(59)60)49-40(65)30(17-25-18-47-27-12-10-9-11-26(25)27)51-41(66)32(20-57)52-45(70)37(23(5)6)54-39(64)29(14-16-34(61)62)50-44(69)36(22(3)4)55-42(67)31(19-56)48-24(7)58/h9-12,18,21-23,28-32,35-37,47,56-57H,13-17,19-20H2,1-8H3,(H,46,68)(H,48,58)(H,49,65)(H,50,69)(H,51,66)(H,52,70)(H,53,63)(H,54,64)(H,55,67)(H,59,60)(H,61,62)/t28-,29-,30-,31-,32-,35-,36-,37-/m0/s1. The molecule has 8 atom stereocenters. The van der Waals surface area contributed by atoms with Crippen LogP contribution in [-0.4, -0.2) is 159 Å². The van der Waals surface area contributed by atoms with E-state index >= 15 is 0 Å². The van der Waals surface area contributed by atoms with E-state index in [4.69, 9.17) is 0 Å². The molecule has 14 N–H and O–H groups in total. The van der Waals surface area contributed by atoms with Crippen LogP contribution in [0.5, 0.6) is 0 Å². The third-order valence-corrected chi connectivity index (χ3v) is 11.0. The summed E-state index contributed by atoms with van der Waals surface area (Å²) in [6.45, 7) is 8.69. The Morgan fingerprint density at radius 1 is 0.500 bits per heavy atom. The quantitative estimate of drug-likeness (QED) is 0.0387. The molecule has 2 rings (SSSR count). The molecule has 9 amide bonds. The molecule has 388 valence electrons. The van der Waals surface area contributed by atoms with Gasteiger partial charge in [-0.05, 0) is 42.2 Å². The highest BCUT2D eigenvalue weighted by atomic mass is 16.4. The zero-order valence-corrected chi connectivity index (χ0v) is 40.5. The second kappa shape index (κ2) is 28.4. The average Bonchev–Trinajstić information content (AvgIpc) is 3.70. The van der Waals surface area contributed by atoms with E-state index in [1.807, 2.05) is 0 Å². The number of carboxylic acid groups (broad SMARTS) is 2. The van der Waals surface area contributed by atoms with Crippen molar-refractivity contribution < 1.29 is 73.2 Å². The largest absolute Gasteiger partial charge is 0.481 e. The summed E-state index contributed by atoms with van der Waals surface area (Å²) < 4.78 is 0. The lowest BCUT2D eigenvalue weighted by atomic mass is 10.00. The molecular formula is C45H68N10O15. The van der Waals surface area contributed by atoms with Gasteiger partial charge in [-0.15, -0.1) is 0 Å². The minimum Gasteiger partial charge on any atom is -0.481 e. The Labute approximate surface area is 404 Å². The summed E-state index contributed by atoms with van der Waals surface area (Å²) in [4.78, 5) is 146. The molecule has 25 nitrogen and oxygen atoms in total. The minimum atomic E-state index is -1.78. The molecule has 0 aliphatic carbocycles. The average molecular weight is 989 g/mol. The van der Waals surface area contributed by atoms with Gasteiger partial charge in [-0.3, -0.25) is 52.7 Å². The summed E-state index contributed by atoms with van der Waals surface area (Å²) in [5.41, 5.74) is 1.18. The van der Waals surface area contributed by atoms with Gasteiger partial charge in [0.1, 0.15) is 48.3 Å². The zero-order valence-electron chi connectivity index (χ0n) is 40.5. The smallest absolute Gasteiger partial charge is 0.303 e. The van der Waals surface area contributed by atoms with Gasteiger partial charge >= 0.3 is 11.9 Å². The van der Waals surface area contributed by atoms with Gasteiger partial charge in [-0.25, -0.2) is 0 Å². The lowest BCUT2D eigenvalue weighted by Crippen LogP contribution is -2.62. The van der Waals surface area contributed by atoms with Crippen molar-refractivity contribution in [2.75, 3.05) is 20.3 Å². The highest BCUT2D eigenvalue weighted by molar-refractivity contribution is 5.99. The van der Waals surface area contributed by atoms with Gasteiger partial charge in [0.2, 0.25) is 53.2 Å². The summed E-state index contributed by atoms with van der Waals surface area (Å²) >= 11 is 0. The summed E-state index contributed by atoms with van der Waals surface area (Å²) in [6.07, 6.45) is -0.777. The molecule has 25 heteroatoms. The Hall–Kier alpha value is -7.15. The molecule has 2 aromatic rings. The number of aliphatic hydroxyl groups is 2. The maximum absolute atomic E-state index is 14.2. The van der Waals surface area contributed by atoms with Crippen LogP contribution in [0, 0.1) is 17.8 Å². The SMILES string of the molecule is CNC(=O)[C@@H](NC(=O)[C@H](CCC(=O)O)NC(=O)[C@H](Cc1c[nH]c2ccccc12)NC(=O)[C@H](CO)NC(=O)[C@@H](NC(=O)[C@H](CCC(=O)O)NC(=O)[C@@H](NC(=O)[C@H](CO)NC(C)=O)C(C)C)C(C)C)C(C)C. The predicted octanol–water partition coefficient (Wildman–Crippen LogP) is -2.96. The van der Waals surface area contributed by atoms with Crippen LogP contribution in [0.2, 0.25) is 0 Å². The number of para-hydroxylation sites is 1.